The van der Waals surface area contributed by atoms with Gasteiger partial charge >= 0.3 is 0 Å². The number of anilines is 1. The first-order valence-electron chi connectivity index (χ1n) is 9.59. The van der Waals surface area contributed by atoms with Gasteiger partial charge in [0.15, 0.2) is 0 Å². The molecule has 0 heterocycles. The van der Waals surface area contributed by atoms with E-state index < -0.39 is 16.4 Å². The highest BCUT2D eigenvalue weighted by Crippen LogP contribution is 2.36. The second-order valence-electron chi connectivity index (χ2n) is 7.43. The van der Waals surface area contributed by atoms with Gasteiger partial charge in [-0.05, 0) is 70.5 Å². The topological polar surface area (TPSA) is 46.2 Å². The van der Waals surface area contributed by atoms with Crippen LogP contribution in [-0.4, -0.2) is 14.7 Å². The first-order valence-corrected chi connectivity index (χ1v) is 11.5. The smallest absolute Gasteiger partial charge is 0.263 e. The van der Waals surface area contributed by atoms with E-state index in [-0.39, 0.29) is 5.56 Å². The van der Waals surface area contributed by atoms with Gasteiger partial charge in [0, 0.05) is 11.3 Å². The van der Waals surface area contributed by atoms with Crippen LogP contribution >= 0.6 is 0 Å². The van der Waals surface area contributed by atoms with Crippen molar-refractivity contribution in [3.05, 3.63) is 100 Å². The molecule has 0 spiro atoms. The summed E-state index contributed by atoms with van der Waals surface area (Å²) in [6.45, 7) is 0. The quantitative estimate of drug-likeness (QED) is 0.584. The number of nitrogens with one attached hydrogen (secondary N) is 1. The fourth-order valence-electron chi connectivity index (χ4n) is 3.86. The van der Waals surface area contributed by atoms with Gasteiger partial charge in [0.05, 0.1) is 6.26 Å². The summed E-state index contributed by atoms with van der Waals surface area (Å²) in [6, 6.07) is 20.0. The normalized spacial score (nSPS) is 14.9. The summed E-state index contributed by atoms with van der Waals surface area (Å²) in [5.74, 6) is 0. The molecule has 0 amide bonds. The Morgan fingerprint density at radius 1 is 0.900 bits per heavy atom. The summed E-state index contributed by atoms with van der Waals surface area (Å²) in [5.41, 5.74) is 6.29. The van der Waals surface area contributed by atoms with E-state index in [0.717, 1.165) is 46.1 Å². The van der Waals surface area contributed by atoms with E-state index in [9.17, 15) is 17.2 Å². The summed E-state index contributed by atoms with van der Waals surface area (Å²) < 4.78 is 52.1. The molecule has 0 fully saturated rings. The number of sulfonamides is 1. The molecular formula is C24H21F2NO2S. The second kappa shape index (κ2) is 8.03. The van der Waals surface area contributed by atoms with Crippen molar-refractivity contribution >= 4 is 27.4 Å². The Balaban J connectivity index is 1.87. The second-order valence-corrected chi connectivity index (χ2v) is 9.18. The number of alkyl halides is 2. The van der Waals surface area contributed by atoms with Crippen molar-refractivity contribution in [2.75, 3.05) is 11.0 Å². The Labute approximate surface area is 175 Å². The van der Waals surface area contributed by atoms with E-state index in [0.29, 0.717) is 12.1 Å². The van der Waals surface area contributed by atoms with E-state index in [1.54, 1.807) is 30.3 Å². The highest BCUT2D eigenvalue weighted by Gasteiger charge is 2.20. The van der Waals surface area contributed by atoms with Crippen LogP contribution < -0.4 is 4.72 Å². The van der Waals surface area contributed by atoms with Gasteiger partial charge in [0.1, 0.15) is 0 Å². The molecule has 4 rings (SSSR count). The zero-order valence-electron chi connectivity index (χ0n) is 16.4. The fourth-order valence-corrected chi connectivity index (χ4v) is 4.42. The van der Waals surface area contributed by atoms with Gasteiger partial charge in [-0.3, -0.25) is 4.72 Å². The average molecular weight is 426 g/mol. The standard InChI is InChI=1S/C24H21F2NO2S/c1-30(28,29)27-20-7-4-5-16(13-20)14-23-21-8-3-2-6-17(21)9-10-18-15-19(24(25)26)11-12-22(18)23/h2-8,11-15,24,27H,9-10H2,1H3. The van der Waals surface area contributed by atoms with Gasteiger partial charge in [-0.25, -0.2) is 17.2 Å². The maximum atomic E-state index is 13.3. The van der Waals surface area contributed by atoms with E-state index in [1.807, 2.05) is 30.3 Å². The van der Waals surface area contributed by atoms with Crippen LogP contribution in [-0.2, 0) is 22.9 Å². The molecule has 1 N–H and O–H groups in total. The Morgan fingerprint density at radius 3 is 2.40 bits per heavy atom. The van der Waals surface area contributed by atoms with Gasteiger partial charge in [-0.1, -0.05) is 48.5 Å². The molecule has 3 aromatic carbocycles. The fraction of sp³-hybridized carbons (Fsp3) is 0.167. The predicted octanol–water partition coefficient (Wildman–Crippen LogP) is 5.68. The van der Waals surface area contributed by atoms with E-state index >= 15 is 0 Å². The lowest BCUT2D eigenvalue weighted by molar-refractivity contribution is 0.151. The molecule has 3 aromatic rings. The highest BCUT2D eigenvalue weighted by molar-refractivity contribution is 7.92. The molecule has 0 aromatic heterocycles. The van der Waals surface area contributed by atoms with Crippen molar-refractivity contribution in [2.24, 2.45) is 0 Å². The third-order valence-electron chi connectivity index (χ3n) is 5.14. The van der Waals surface area contributed by atoms with Crippen LogP contribution in [0.15, 0.2) is 66.7 Å². The van der Waals surface area contributed by atoms with Crippen LogP contribution in [0.3, 0.4) is 0 Å². The molecule has 0 bridgehead atoms. The maximum Gasteiger partial charge on any atom is 0.263 e. The molecule has 0 saturated heterocycles. The van der Waals surface area contributed by atoms with Crippen molar-refractivity contribution in [2.45, 2.75) is 19.3 Å². The molecule has 0 atom stereocenters. The van der Waals surface area contributed by atoms with E-state index in [1.165, 1.54) is 6.07 Å². The number of hydrogen-bond acceptors (Lipinski definition) is 2. The van der Waals surface area contributed by atoms with Crippen molar-refractivity contribution in [3.8, 4) is 0 Å². The van der Waals surface area contributed by atoms with Gasteiger partial charge in [-0.2, -0.15) is 0 Å². The van der Waals surface area contributed by atoms with Crippen LogP contribution in [0.5, 0.6) is 0 Å². The summed E-state index contributed by atoms with van der Waals surface area (Å²) in [6.07, 6.45) is 2.03. The molecule has 154 valence electrons. The number of rotatable bonds is 4. The van der Waals surface area contributed by atoms with Crippen molar-refractivity contribution in [1.29, 1.82) is 0 Å². The molecule has 3 nitrogen and oxygen atoms in total. The van der Waals surface area contributed by atoms with Crippen LogP contribution in [0.1, 0.15) is 39.8 Å². The van der Waals surface area contributed by atoms with Gasteiger partial charge in [0.25, 0.3) is 6.43 Å². The molecule has 0 unspecified atom stereocenters. The van der Waals surface area contributed by atoms with E-state index in [2.05, 4.69) is 10.8 Å². The molecule has 0 saturated carbocycles. The third-order valence-corrected chi connectivity index (χ3v) is 5.75. The molecular weight excluding hydrogens is 404 g/mol. The molecule has 1 aliphatic carbocycles. The van der Waals surface area contributed by atoms with Crippen LogP contribution in [0.2, 0.25) is 0 Å². The predicted molar refractivity (Wildman–Crippen MR) is 117 cm³/mol. The van der Waals surface area contributed by atoms with Crippen LogP contribution in [0.25, 0.3) is 11.6 Å². The Bertz CT molecular complexity index is 1230. The number of benzene rings is 3. The summed E-state index contributed by atoms with van der Waals surface area (Å²) in [7, 11) is -3.38. The molecule has 30 heavy (non-hydrogen) atoms. The summed E-state index contributed by atoms with van der Waals surface area (Å²) in [4.78, 5) is 0. The minimum Gasteiger partial charge on any atom is -0.284 e. The zero-order chi connectivity index (χ0) is 21.3. The number of fused-ring (bicyclic) bond motifs is 2. The van der Waals surface area contributed by atoms with Gasteiger partial charge in [0.2, 0.25) is 10.0 Å². The van der Waals surface area contributed by atoms with Crippen LogP contribution in [0, 0.1) is 0 Å². The molecule has 1 aliphatic rings. The SMILES string of the molecule is CS(=O)(=O)Nc1cccc(C=C2c3ccccc3CCc3cc(C(F)F)ccc32)c1. The highest BCUT2D eigenvalue weighted by atomic mass is 32.2. The summed E-state index contributed by atoms with van der Waals surface area (Å²) in [5, 5.41) is 0. The maximum absolute atomic E-state index is 13.3. The lowest BCUT2D eigenvalue weighted by Crippen LogP contribution is -2.09. The van der Waals surface area contributed by atoms with Crippen molar-refractivity contribution in [1.82, 2.24) is 0 Å². The van der Waals surface area contributed by atoms with Gasteiger partial charge in [-0.15, -0.1) is 0 Å². The Hall–Kier alpha value is -2.99. The first kappa shape index (κ1) is 20.3. The zero-order valence-corrected chi connectivity index (χ0v) is 17.2. The Kier molecular flexibility index (Phi) is 5.43. The van der Waals surface area contributed by atoms with Crippen molar-refractivity contribution in [3.63, 3.8) is 0 Å². The average Bonchev–Trinajstić information content (AvgIpc) is 2.84. The summed E-state index contributed by atoms with van der Waals surface area (Å²) >= 11 is 0. The lowest BCUT2D eigenvalue weighted by Gasteiger charge is -2.14. The largest absolute Gasteiger partial charge is 0.284 e. The molecule has 6 heteroatoms. The Morgan fingerprint density at radius 2 is 1.63 bits per heavy atom. The van der Waals surface area contributed by atoms with Gasteiger partial charge < -0.3 is 0 Å². The molecule has 0 radical (unpaired) electrons. The minimum atomic E-state index is -3.38. The van der Waals surface area contributed by atoms with Crippen molar-refractivity contribution < 1.29 is 17.2 Å². The minimum absolute atomic E-state index is 0.0263. The van der Waals surface area contributed by atoms with Crippen LogP contribution in [0.4, 0.5) is 14.5 Å². The molecule has 0 aliphatic heterocycles. The number of aryl methyl sites for hydroxylation is 2. The number of hydrogen-bond donors (Lipinski definition) is 1. The third kappa shape index (κ3) is 4.44. The number of halogens is 2. The lowest BCUT2D eigenvalue weighted by atomic mass is 9.91. The van der Waals surface area contributed by atoms with E-state index in [4.69, 9.17) is 0 Å². The monoisotopic (exact) mass is 425 g/mol. The first-order chi connectivity index (χ1) is 14.3.